The van der Waals surface area contributed by atoms with E-state index >= 15 is 0 Å². The molecule has 0 aliphatic carbocycles. The van der Waals surface area contributed by atoms with Gasteiger partial charge in [-0.05, 0) is 44.4 Å². The van der Waals surface area contributed by atoms with E-state index in [1.807, 2.05) is 59.2 Å². The number of nitro benzene ring substituents is 1. The first-order valence-corrected chi connectivity index (χ1v) is 11.7. The van der Waals surface area contributed by atoms with Gasteiger partial charge in [0.25, 0.3) is 5.69 Å². The van der Waals surface area contributed by atoms with Crippen LogP contribution in [-0.2, 0) is 9.53 Å². The van der Waals surface area contributed by atoms with E-state index in [1.165, 1.54) is 6.07 Å². The molecule has 1 aromatic heterocycles. The Morgan fingerprint density at radius 1 is 1.00 bits per heavy atom. The third kappa shape index (κ3) is 5.84. The van der Waals surface area contributed by atoms with Crippen molar-refractivity contribution in [1.82, 2.24) is 9.55 Å². The van der Waals surface area contributed by atoms with Crippen molar-refractivity contribution in [2.24, 2.45) is 0 Å². The number of esters is 1. The number of benzene rings is 3. The molecule has 4 aromatic rings. The van der Waals surface area contributed by atoms with Crippen molar-refractivity contribution in [3.8, 4) is 22.8 Å². The minimum atomic E-state index is -0.401. The number of hydrogen-bond donors (Lipinski definition) is 0. The molecular weight excluding hydrogens is 446 g/mol. The van der Waals surface area contributed by atoms with Crippen molar-refractivity contribution in [3.05, 3.63) is 82.9 Å². The number of rotatable bonds is 11. The highest BCUT2D eigenvalue weighted by Gasteiger charge is 2.17. The Labute approximate surface area is 203 Å². The third-order valence-corrected chi connectivity index (χ3v) is 5.56. The molecule has 0 radical (unpaired) electrons. The van der Waals surface area contributed by atoms with Gasteiger partial charge in [0.15, 0.2) is 0 Å². The van der Waals surface area contributed by atoms with Crippen LogP contribution in [0.15, 0.2) is 72.8 Å². The van der Waals surface area contributed by atoms with E-state index in [4.69, 9.17) is 14.5 Å². The first-order chi connectivity index (χ1) is 17.1. The van der Waals surface area contributed by atoms with Gasteiger partial charge in [0.2, 0.25) is 0 Å². The van der Waals surface area contributed by atoms with Crippen molar-refractivity contribution in [2.75, 3.05) is 13.2 Å². The number of carbonyl (C=O) groups excluding carboxylic acids is 1. The van der Waals surface area contributed by atoms with Crippen LogP contribution >= 0.6 is 0 Å². The van der Waals surface area contributed by atoms with Gasteiger partial charge >= 0.3 is 5.97 Å². The molecule has 4 rings (SSSR count). The number of hydrogen-bond acceptors (Lipinski definition) is 6. The first kappa shape index (κ1) is 23.9. The number of nitro groups is 1. The topological polar surface area (TPSA) is 96.5 Å². The molecule has 0 saturated carbocycles. The van der Waals surface area contributed by atoms with Crippen molar-refractivity contribution in [2.45, 2.75) is 32.6 Å². The van der Waals surface area contributed by atoms with Crippen LogP contribution in [0.1, 0.15) is 32.6 Å². The van der Waals surface area contributed by atoms with Crippen LogP contribution in [0.4, 0.5) is 5.69 Å². The predicted molar refractivity (Wildman–Crippen MR) is 134 cm³/mol. The number of nitrogens with zero attached hydrogens (tertiary/aromatic N) is 3. The lowest BCUT2D eigenvalue weighted by atomic mass is 10.2. The van der Waals surface area contributed by atoms with Gasteiger partial charge in [-0.1, -0.05) is 36.4 Å². The average molecular weight is 474 g/mol. The Balaban J connectivity index is 1.58. The lowest BCUT2D eigenvalue weighted by molar-refractivity contribution is -0.384. The van der Waals surface area contributed by atoms with Crippen LogP contribution in [0, 0.1) is 10.1 Å². The number of fused-ring (bicyclic) bond motifs is 1. The number of ether oxygens (including phenoxy) is 2. The highest BCUT2D eigenvalue weighted by molar-refractivity contribution is 5.84. The molecule has 0 fully saturated rings. The van der Waals surface area contributed by atoms with Gasteiger partial charge in [-0.25, -0.2) is 4.98 Å². The van der Waals surface area contributed by atoms with Gasteiger partial charge in [-0.2, -0.15) is 0 Å². The van der Waals surface area contributed by atoms with Crippen LogP contribution < -0.4 is 4.74 Å². The second kappa shape index (κ2) is 11.3. The van der Waals surface area contributed by atoms with Gasteiger partial charge in [0, 0.05) is 30.2 Å². The Kier molecular flexibility index (Phi) is 7.72. The van der Waals surface area contributed by atoms with E-state index in [9.17, 15) is 14.9 Å². The zero-order chi connectivity index (χ0) is 24.6. The number of unbranched alkanes of at least 4 members (excludes halogenated alkanes) is 2. The quantitative estimate of drug-likeness (QED) is 0.113. The average Bonchev–Trinajstić information content (AvgIpc) is 3.26. The molecule has 0 atom stereocenters. The molecule has 0 aliphatic heterocycles. The fraction of sp³-hybridized carbons (Fsp3) is 0.259. The van der Waals surface area contributed by atoms with E-state index in [0.29, 0.717) is 36.9 Å². The molecule has 8 heteroatoms. The Bertz CT molecular complexity index is 1320. The SMILES string of the molecule is CCOC(=O)CCCCCOc1ccc2nc(-c3ccccc3)n(-c3cccc([N+](=O)[O-])c3)c2c1. The number of imidazole rings is 1. The second-order valence-electron chi connectivity index (χ2n) is 8.03. The maximum absolute atomic E-state index is 11.4. The lowest BCUT2D eigenvalue weighted by Crippen LogP contribution is -2.04. The molecular formula is C27H27N3O5. The van der Waals surface area contributed by atoms with E-state index < -0.39 is 4.92 Å². The van der Waals surface area contributed by atoms with Crippen LogP contribution in [-0.4, -0.2) is 33.7 Å². The molecule has 0 saturated heterocycles. The summed E-state index contributed by atoms with van der Waals surface area (Å²) in [7, 11) is 0. The third-order valence-electron chi connectivity index (χ3n) is 5.56. The molecule has 1 heterocycles. The van der Waals surface area contributed by atoms with Gasteiger partial charge in [-0.3, -0.25) is 19.5 Å². The maximum atomic E-state index is 11.4. The van der Waals surface area contributed by atoms with Crippen molar-refractivity contribution >= 4 is 22.7 Å². The zero-order valence-corrected chi connectivity index (χ0v) is 19.6. The summed E-state index contributed by atoms with van der Waals surface area (Å²) < 4.78 is 12.8. The molecule has 0 spiro atoms. The Morgan fingerprint density at radius 3 is 2.60 bits per heavy atom. The number of aromatic nitrogens is 2. The van der Waals surface area contributed by atoms with Crippen molar-refractivity contribution in [3.63, 3.8) is 0 Å². The molecule has 0 amide bonds. The molecule has 35 heavy (non-hydrogen) atoms. The Hall–Kier alpha value is -4.20. The smallest absolute Gasteiger partial charge is 0.305 e. The summed E-state index contributed by atoms with van der Waals surface area (Å²) in [5.41, 5.74) is 3.12. The molecule has 3 aromatic carbocycles. The van der Waals surface area contributed by atoms with Gasteiger partial charge in [-0.15, -0.1) is 0 Å². The summed E-state index contributed by atoms with van der Waals surface area (Å²) in [5, 5.41) is 11.4. The highest BCUT2D eigenvalue weighted by Crippen LogP contribution is 2.32. The zero-order valence-electron chi connectivity index (χ0n) is 19.6. The Morgan fingerprint density at radius 2 is 1.83 bits per heavy atom. The van der Waals surface area contributed by atoms with Gasteiger partial charge in [0.05, 0.1) is 34.9 Å². The summed E-state index contributed by atoms with van der Waals surface area (Å²) in [4.78, 5) is 27.2. The fourth-order valence-corrected chi connectivity index (χ4v) is 3.90. The van der Waals surface area contributed by atoms with Crippen LogP contribution in [0.25, 0.3) is 28.1 Å². The normalized spacial score (nSPS) is 10.9. The van der Waals surface area contributed by atoms with E-state index in [1.54, 1.807) is 19.1 Å². The summed E-state index contributed by atoms with van der Waals surface area (Å²) in [6.07, 6.45) is 2.87. The summed E-state index contributed by atoms with van der Waals surface area (Å²) >= 11 is 0. The highest BCUT2D eigenvalue weighted by atomic mass is 16.6. The predicted octanol–water partition coefficient (Wildman–Crippen LogP) is 6.10. The summed E-state index contributed by atoms with van der Waals surface area (Å²) in [5.74, 6) is 1.22. The lowest BCUT2D eigenvalue weighted by Gasteiger charge is -2.11. The van der Waals surface area contributed by atoms with Crippen molar-refractivity contribution < 1.29 is 19.2 Å². The van der Waals surface area contributed by atoms with Gasteiger partial charge < -0.3 is 9.47 Å². The van der Waals surface area contributed by atoms with Crippen LogP contribution in [0.3, 0.4) is 0 Å². The standard InChI is InChI=1S/C27H27N3O5/c1-2-34-26(31)14-7-4-8-17-35-23-15-16-24-25(19-23)29(21-12-9-13-22(18-21)30(32)33)27(28-24)20-10-5-3-6-11-20/h3,5-6,9-13,15-16,18-19H,2,4,7-8,14,17H2,1H3. The molecule has 0 unspecified atom stereocenters. The minimum Gasteiger partial charge on any atom is -0.494 e. The summed E-state index contributed by atoms with van der Waals surface area (Å²) in [6, 6.07) is 21.9. The van der Waals surface area contributed by atoms with Gasteiger partial charge in [0.1, 0.15) is 11.6 Å². The molecule has 0 aliphatic rings. The minimum absolute atomic E-state index is 0.0126. The molecule has 0 bridgehead atoms. The van der Waals surface area contributed by atoms with E-state index in [-0.39, 0.29) is 11.7 Å². The number of non-ortho nitro benzene ring substituents is 1. The fourth-order valence-electron chi connectivity index (χ4n) is 3.90. The van der Waals surface area contributed by atoms with Crippen molar-refractivity contribution in [1.29, 1.82) is 0 Å². The molecule has 180 valence electrons. The molecule has 0 N–H and O–H groups in total. The van der Waals surface area contributed by atoms with E-state index in [0.717, 1.165) is 35.9 Å². The molecule has 8 nitrogen and oxygen atoms in total. The number of carbonyl (C=O) groups is 1. The monoisotopic (exact) mass is 473 g/mol. The largest absolute Gasteiger partial charge is 0.494 e. The second-order valence-corrected chi connectivity index (χ2v) is 8.03. The van der Waals surface area contributed by atoms with E-state index in [2.05, 4.69) is 0 Å². The van der Waals surface area contributed by atoms with Crippen LogP contribution in [0.5, 0.6) is 5.75 Å². The maximum Gasteiger partial charge on any atom is 0.305 e. The summed E-state index contributed by atoms with van der Waals surface area (Å²) in [6.45, 7) is 2.73. The first-order valence-electron chi connectivity index (χ1n) is 11.7. The van der Waals surface area contributed by atoms with Crippen LogP contribution in [0.2, 0.25) is 0 Å².